The molecule has 0 aliphatic rings. The van der Waals surface area contributed by atoms with Crippen LogP contribution in [0.4, 0.5) is 0 Å². The van der Waals surface area contributed by atoms with Gasteiger partial charge in [0.25, 0.3) is 0 Å². The fourth-order valence-electron chi connectivity index (χ4n) is 1.29. The van der Waals surface area contributed by atoms with Crippen molar-refractivity contribution in [3.8, 4) is 0 Å². The Bertz CT molecular complexity index is 328. The van der Waals surface area contributed by atoms with Crippen molar-refractivity contribution in [1.29, 1.82) is 0 Å². The minimum absolute atomic E-state index is 0.0102. The standard InChI is InChI=1S/C10H12O5/c1-14-10(13)6-7(5-9(11)12)8-3-2-4-15-8/h2-4,7H,5-6H2,1H3,(H,11,12)/t7-/m0/s1. The third-order valence-electron chi connectivity index (χ3n) is 2.01. The fraction of sp³-hybridized carbons (Fsp3) is 0.400. The molecule has 0 aliphatic carbocycles. The number of aliphatic carboxylic acids is 1. The lowest BCUT2D eigenvalue weighted by Crippen LogP contribution is -2.12. The van der Waals surface area contributed by atoms with Crippen molar-refractivity contribution in [2.45, 2.75) is 18.8 Å². The Kier molecular flexibility index (Phi) is 3.91. The summed E-state index contributed by atoms with van der Waals surface area (Å²) in [5.41, 5.74) is 0. The average Bonchev–Trinajstić information content (AvgIpc) is 2.68. The van der Waals surface area contributed by atoms with Gasteiger partial charge in [0.2, 0.25) is 0 Å². The van der Waals surface area contributed by atoms with Crippen molar-refractivity contribution in [2.24, 2.45) is 0 Å². The Morgan fingerprint density at radius 1 is 1.53 bits per heavy atom. The van der Waals surface area contributed by atoms with E-state index in [2.05, 4.69) is 4.74 Å². The van der Waals surface area contributed by atoms with Crippen molar-refractivity contribution < 1.29 is 23.8 Å². The summed E-state index contributed by atoms with van der Waals surface area (Å²) in [6, 6.07) is 3.30. The zero-order chi connectivity index (χ0) is 11.3. The molecule has 0 aliphatic heterocycles. The minimum Gasteiger partial charge on any atom is -0.481 e. The largest absolute Gasteiger partial charge is 0.481 e. The topological polar surface area (TPSA) is 76.7 Å². The molecule has 1 heterocycles. The van der Waals surface area contributed by atoms with E-state index in [0.29, 0.717) is 5.76 Å². The molecule has 0 fully saturated rings. The summed E-state index contributed by atoms with van der Waals surface area (Å²) in [7, 11) is 1.27. The molecule has 0 bridgehead atoms. The number of ether oxygens (including phenoxy) is 1. The van der Waals surface area contributed by atoms with Crippen LogP contribution in [-0.4, -0.2) is 24.2 Å². The van der Waals surface area contributed by atoms with Crippen LogP contribution in [0.3, 0.4) is 0 Å². The molecule has 0 spiro atoms. The van der Waals surface area contributed by atoms with E-state index < -0.39 is 17.9 Å². The molecule has 0 saturated carbocycles. The zero-order valence-electron chi connectivity index (χ0n) is 8.30. The van der Waals surface area contributed by atoms with Gasteiger partial charge in [-0.2, -0.15) is 0 Å². The van der Waals surface area contributed by atoms with Gasteiger partial charge in [-0.25, -0.2) is 0 Å². The van der Waals surface area contributed by atoms with Crippen LogP contribution in [0, 0.1) is 0 Å². The summed E-state index contributed by atoms with van der Waals surface area (Å²) in [5.74, 6) is -1.40. The number of carboxylic acids is 1. The first kappa shape index (κ1) is 11.3. The summed E-state index contributed by atoms with van der Waals surface area (Å²) in [6.45, 7) is 0. The van der Waals surface area contributed by atoms with Crippen LogP contribution in [0.2, 0.25) is 0 Å². The van der Waals surface area contributed by atoms with Crippen LogP contribution in [0.5, 0.6) is 0 Å². The molecular formula is C10H12O5. The molecule has 82 valence electrons. The summed E-state index contributed by atoms with van der Waals surface area (Å²) in [6.07, 6.45) is 1.31. The summed E-state index contributed by atoms with van der Waals surface area (Å²) in [5, 5.41) is 8.67. The third kappa shape index (κ3) is 3.46. The highest BCUT2D eigenvalue weighted by atomic mass is 16.5. The minimum atomic E-state index is -0.972. The van der Waals surface area contributed by atoms with Gasteiger partial charge in [0.1, 0.15) is 5.76 Å². The van der Waals surface area contributed by atoms with Crippen LogP contribution in [0.15, 0.2) is 22.8 Å². The number of esters is 1. The Hall–Kier alpha value is -1.78. The smallest absolute Gasteiger partial charge is 0.306 e. The van der Waals surface area contributed by atoms with Gasteiger partial charge in [-0.15, -0.1) is 0 Å². The number of hydrogen-bond acceptors (Lipinski definition) is 4. The quantitative estimate of drug-likeness (QED) is 0.746. The number of furan rings is 1. The molecule has 1 atom stereocenters. The highest BCUT2D eigenvalue weighted by Gasteiger charge is 2.21. The van der Waals surface area contributed by atoms with Crippen LogP contribution < -0.4 is 0 Å². The Morgan fingerprint density at radius 3 is 2.73 bits per heavy atom. The molecule has 15 heavy (non-hydrogen) atoms. The maximum Gasteiger partial charge on any atom is 0.306 e. The predicted molar refractivity (Wildman–Crippen MR) is 50.3 cm³/mol. The first-order valence-electron chi connectivity index (χ1n) is 4.45. The van der Waals surface area contributed by atoms with E-state index in [1.165, 1.54) is 13.4 Å². The summed E-state index contributed by atoms with van der Waals surface area (Å²) in [4.78, 5) is 21.6. The van der Waals surface area contributed by atoms with Crippen molar-refractivity contribution in [1.82, 2.24) is 0 Å². The average molecular weight is 212 g/mol. The van der Waals surface area contributed by atoms with Crippen molar-refractivity contribution >= 4 is 11.9 Å². The van der Waals surface area contributed by atoms with E-state index in [9.17, 15) is 9.59 Å². The number of rotatable bonds is 5. The number of methoxy groups -OCH3 is 1. The third-order valence-corrected chi connectivity index (χ3v) is 2.01. The Labute approximate surface area is 86.6 Å². The normalized spacial score (nSPS) is 12.1. The van der Waals surface area contributed by atoms with Crippen LogP contribution in [0.25, 0.3) is 0 Å². The van der Waals surface area contributed by atoms with Gasteiger partial charge in [-0.05, 0) is 12.1 Å². The maximum absolute atomic E-state index is 11.0. The first-order valence-corrected chi connectivity index (χ1v) is 4.45. The van der Waals surface area contributed by atoms with E-state index in [4.69, 9.17) is 9.52 Å². The van der Waals surface area contributed by atoms with E-state index in [-0.39, 0.29) is 12.8 Å². The second-order valence-electron chi connectivity index (χ2n) is 3.09. The van der Waals surface area contributed by atoms with Gasteiger partial charge in [0.05, 0.1) is 26.2 Å². The summed E-state index contributed by atoms with van der Waals surface area (Å²) >= 11 is 0. The monoisotopic (exact) mass is 212 g/mol. The van der Waals surface area contributed by atoms with Crippen LogP contribution in [-0.2, 0) is 14.3 Å². The number of hydrogen-bond donors (Lipinski definition) is 1. The van der Waals surface area contributed by atoms with Gasteiger partial charge in [-0.1, -0.05) is 0 Å². The van der Waals surface area contributed by atoms with Gasteiger partial charge in [0.15, 0.2) is 0 Å². The highest BCUT2D eigenvalue weighted by Crippen LogP contribution is 2.24. The van der Waals surface area contributed by atoms with E-state index >= 15 is 0 Å². The molecular weight excluding hydrogens is 200 g/mol. The molecule has 1 aromatic rings. The molecule has 1 rings (SSSR count). The lowest BCUT2D eigenvalue weighted by molar-refractivity contribution is -0.142. The second-order valence-corrected chi connectivity index (χ2v) is 3.09. The van der Waals surface area contributed by atoms with E-state index in [1.807, 2.05) is 0 Å². The van der Waals surface area contributed by atoms with E-state index in [1.54, 1.807) is 12.1 Å². The maximum atomic E-state index is 11.0. The van der Waals surface area contributed by atoms with Gasteiger partial charge in [-0.3, -0.25) is 9.59 Å². The molecule has 5 nitrogen and oxygen atoms in total. The zero-order valence-corrected chi connectivity index (χ0v) is 8.30. The highest BCUT2D eigenvalue weighted by molar-refractivity contribution is 5.73. The lowest BCUT2D eigenvalue weighted by Gasteiger charge is -2.10. The second kappa shape index (κ2) is 5.19. The van der Waals surface area contributed by atoms with Crippen molar-refractivity contribution in [2.75, 3.05) is 7.11 Å². The molecule has 0 amide bonds. The van der Waals surface area contributed by atoms with E-state index in [0.717, 1.165) is 0 Å². The van der Waals surface area contributed by atoms with Gasteiger partial charge >= 0.3 is 11.9 Å². The number of carbonyl (C=O) groups excluding carboxylic acids is 1. The molecule has 0 aromatic carbocycles. The van der Waals surface area contributed by atoms with Crippen LogP contribution >= 0.6 is 0 Å². The number of carboxylic acid groups (broad SMARTS) is 1. The molecule has 0 radical (unpaired) electrons. The van der Waals surface area contributed by atoms with Crippen molar-refractivity contribution in [3.05, 3.63) is 24.2 Å². The van der Waals surface area contributed by atoms with Crippen molar-refractivity contribution in [3.63, 3.8) is 0 Å². The molecule has 5 heteroatoms. The Balaban J connectivity index is 2.70. The molecule has 0 saturated heterocycles. The predicted octanol–water partition coefficient (Wildman–Crippen LogP) is 1.40. The SMILES string of the molecule is COC(=O)C[C@H](CC(=O)O)c1ccco1. The summed E-state index contributed by atoms with van der Waals surface area (Å²) < 4.78 is 9.56. The number of carbonyl (C=O) groups is 2. The molecule has 1 aromatic heterocycles. The van der Waals surface area contributed by atoms with Gasteiger partial charge in [0, 0.05) is 5.92 Å². The Morgan fingerprint density at radius 2 is 2.27 bits per heavy atom. The lowest BCUT2D eigenvalue weighted by atomic mass is 9.99. The van der Waals surface area contributed by atoms with Gasteiger partial charge < -0.3 is 14.3 Å². The fourth-order valence-corrected chi connectivity index (χ4v) is 1.29. The molecule has 1 N–H and O–H groups in total. The van der Waals surface area contributed by atoms with Crippen LogP contribution in [0.1, 0.15) is 24.5 Å². The first-order chi connectivity index (χ1) is 7.13. The molecule has 0 unspecified atom stereocenters.